The SMILES string of the molecule is OC(COCc1cccs1)COc1cc(F)ccc1F. The minimum Gasteiger partial charge on any atom is -0.488 e. The van der Waals surface area contributed by atoms with Crippen LogP contribution in [-0.4, -0.2) is 24.4 Å². The molecule has 2 rings (SSSR count). The fourth-order valence-corrected chi connectivity index (χ4v) is 2.15. The molecule has 0 aliphatic carbocycles. The number of aliphatic hydroxyl groups excluding tert-OH is 1. The Kier molecular flexibility index (Phi) is 5.46. The lowest BCUT2D eigenvalue weighted by atomic mass is 10.3. The van der Waals surface area contributed by atoms with Gasteiger partial charge in [-0.05, 0) is 23.6 Å². The maximum Gasteiger partial charge on any atom is 0.165 e. The van der Waals surface area contributed by atoms with Gasteiger partial charge in [0.2, 0.25) is 0 Å². The maximum atomic E-state index is 13.3. The van der Waals surface area contributed by atoms with Gasteiger partial charge in [-0.25, -0.2) is 8.78 Å². The van der Waals surface area contributed by atoms with Gasteiger partial charge in [-0.2, -0.15) is 0 Å². The summed E-state index contributed by atoms with van der Waals surface area (Å²) >= 11 is 1.56. The molecule has 0 saturated carbocycles. The Bertz CT molecular complexity index is 531. The zero-order valence-corrected chi connectivity index (χ0v) is 11.4. The zero-order valence-electron chi connectivity index (χ0n) is 10.6. The standard InChI is InChI=1S/C14H14F2O3S/c15-10-3-4-13(16)14(6-10)19-8-11(17)7-18-9-12-2-1-5-20-12/h1-6,11,17H,7-9H2. The summed E-state index contributed by atoms with van der Waals surface area (Å²) in [5.74, 6) is -1.48. The minimum atomic E-state index is -0.905. The number of benzene rings is 1. The second-order valence-electron chi connectivity index (χ2n) is 4.13. The van der Waals surface area contributed by atoms with E-state index >= 15 is 0 Å². The van der Waals surface area contributed by atoms with Gasteiger partial charge in [0, 0.05) is 10.9 Å². The summed E-state index contributed by atoms with van der Waals surface area (Å²) in [6, 6.07) is 6.76. The van der Waals surface area contributed by atoms with Crippen LogP contribution in [-0.2, 0) is 11.3 Å². The molecule has 0 aliphatic rings. The molecule has 0 fully saturated rings. The van der Waals surface area contributed by atoms with E-state index in [1.807, 2.05) is 17.5 Å². The highest BCUT2D eigenvalue weighted by Crippen LogP contribution is 2.18. The van der Waals surface area contributed by atoms with E-state index in [9.17, 15) is 13.9 Å². The van der Waals surface area contributed by atoms with Crippen LogP contribution in [0.3, 0.4) is 0 Å². The van der Waals surface area contributed by atoms with Crippen molar-refractivity contribution in [3.8, 4) is 5.75 Å². The molecular formula is C14H14F2O3S. The molecule has 0 saturated heterocycles. The van der Waals surface area contributed by atoms with E-state index in [2.05, 4.69) is 0 Å². The molecule has 108 valence electrons. The van der Waals surface area contributed by atoms with Crippen LogP contribution in [0.1, 0.15) is 4.88 Å². The molecule has 0 radical (unpaired) electrons. The molecule has 1 heterocycles. The number of hydrogen-bond donors (Lipinski definition) is 1. The van der Waals surface area contributed by atoms with Crippen molar-refractivity contribution in [3.05, 3.63) is 52.2 Å². The summed E-state index contributed by atoms with van der Waals surface area (Å²) in [5, 5.41) is 11.6. The zero-order chi connectivity index (χ0) is 14.4. The molecule has 20 heavy (non-hydrogen) atoms. The van der Waals surface area contributed by atoms with Crippen molar-refractivity contribution >= 4 is 11.3 Å². The number of rotatable bonds is 7. The average Bonchev–Trinajstić information content (AvgIpc) is 2.93. The van der Waals surface area contributed by atoms with Gasteiger partial charge in [0.05, 0.1) is 13.2 Å². The number of halogens is 2. The van der Waals surface area contributed by atoms with Crippen molar-refractivity contribution in [1.82, 2.24) is 0 Å². The van der Waals surface area contributed by atoms with Gasteiger partial charge in [-0.15, -0.1) is 11.3 Å². The van der Waals surface area contributed by atoms with Crippen molar-refractivity contribution in [2.75, 3.05) is 13.2 Å². The molecule has 0 aliphatic heterocycles. The molecule has 6 heteroatoms. The second kappa shape index (κ2) is 7.33. The highest BCUT2D eigenvalue weighted by molar-refractivity contribution is 7.09. The molecule has 0 spiro atoms. The third-order valence-electron chi connectivity index (χ3n) is 2.46. The van der Waals surface area contributed by atoms with E-state index in [1.165, 1.54) is 0 Å². The predicted molar refractivity (Wildman–Crippen MR) is 71.8 cm³/mol. The molecule has 0 bridgehead atoms. The lowest BCUT2D eigenvalue weighted by Crippen LogP contribution is -2.23. The Hall–Kier alpha value is -1.50. The second-order valence-corrected chi connectivity index (χ2v) is 5.17. The molecule has 1 aromatic carbocycles. The highest BCUT2D eigenvalue weighted by Gasteiger charge is 2.09. The summed E-state index contributed by atoms with van der Waals surface area (Å²) in [4.78, 5) is 1.05. The van der Waals surface area contributed by atoms with Gasteiger partial charge in [0.1, 0.15) is 18.5 Å². The van der Waals surface area contributed by atoms with Crippen LogP contribution in [0, 0.1) is 11.6 Å². The molecule has 1 N–H and O–H groups in total. The molecule has 3 nitrogen and oxygen atoms in total. The fourth-order valence-electron chi connectivity index (χ4n) is 1.51. The van der Waals surface area contributed by atoms with Crippen molar-refractivity contribution in [2.45, 2.75) is 12.7 Å². The van der Waals surface area contributed by atoms with Gasteiger partial charge < -0.3 is 14.6 Å². The Morgan fingerprint density at radius 2 is 2.05 bits per heavy atom. The molecule has 2 aromatic rings. The van der Waals surface area contributed by atoms with Gasteiger partial charge in [-0.1, -0.05) is 6.07 Å². The van der Waals surface area contributed by atoms with Crippen LogP contribution < -0.4 is 4.74 Å². The van der Waals surface area contributed by atoms with E-state index in [0.717, 1.165) is 23.1 Å². The summed E-state index contributed by atoms with van der Waals surface area (Å²) < 4.78 is 36.5. The van der Waals surface area contributed by atoms with E-state index in [4.69, 9.17) is 9.47 Å². The van der Waals surface area contributed by atoms with Gasteiger partial charge in [0.25, 0.3) is 0 Å². The normalized spacial score (nSPS) is 12.3. The third-order valence-corrected chi connectivity index (χ3v) is 3.31. The van der Waals surface area contributed by atoms with Crippen LogP contribution in [0.5, 0.6) is 5.75 Å². The van der Waals surface area contributed by atoms with E-state index in [1.54, 1.807) is 11.3 Å². The van der Waals surface area contributed by atoms with Crippen molar-refractivity contribution < 1.29 is 23.4 Å². The number of thiophene rings is 1. The van der Waals surface area contributed by atoms with Crippen LogP contribution in [0.25, 0.3) is 0 Å². The van der Waals surface area contributed by atoms with Crippen molar-refractivity contribution in [3.63, 3.8) is 0 Å². The summed E-state index contributed by atoms with van der Waals surface area (Å²) in [6.45, 7) is 0.308. The van der Waals surface area contributed by atoms with Gasteiger partial charge in [0.15, 0.2) is 11.6 Å². The van der Waals surface area contributed by atoms with E-state index in [-0.39, 0.29) is 19.0 Å². The third kappa shape index (κ3) is 4.56. The minimum absolute atomic E-state index is 0.0643. The summed E-state index contributed by atoms with van der Waals surface area (Å²) in [5.41, 5.74) is 0. The number of aliphatic hydroxyl groups is 1. The van der Waals surface area contributed by atoms with Gasteiger partial charge >= 0.3 is 0 Å². The molecular weight excluding hydrogens is 286 g/mol. The smallest absolute Gasteiger partial charge is 0.165 e. The lowest BCUT2D eigenvalue weighted by Gasteiger charge is -2.13. The quantitative estimate of drug-likeness (QED) is 0.854. The Labute approximate surface area is 119 Å². The monoisotopic (exact) mass is 300 g/mol. The molecule has 0 amide bonds. The summed E-state index contributed by atoms with van der Waals surface area (Å²) in [6.07, 6.45) is -0.905. The Morgan fingerprint density at radius 3 is 2.80 bits per heavy atom. The fraction of sp³-hybridized carbons (Fsp3) is 0.286. The van der Waals surface area contributed by atoms with Crippen LogP contribution in [0.4, 0.5) is 8.78 Å². The van der Waals surface area contributed by atoms with Gasteiger partial charge in [-0.3, -0.25) is 0 Å². The van der Waals surface area contributed by atoms with E-state index < -0.39 is 17.7 Å². The van der Waals surface area contributed by atoms with E-state index in [0.29, 0.717) is 6.61 Å². The molecule has 1 unspecified atom stereocenters. The van der Waals surface area contributed by atoms with Crippen LogP contribution in [0.2, 0.25) is 0 Å². The Morgan fingerprint density at radius 1 is 1.20 bits per heavy atom. The topological polar surface area (TPSA) is 38.7 Å². The highest BCUT2D eigenvalue weighted by atomic mass is 32.1. The summed E-state index contributed by atoms with van der Waals surface area (Å²) in [7, 11) is 0. The van der Waals surface area contributed by atoms with Crippen LogP contribution >= 0.6 is 11.3 Å². The first-order chi connectivity index (χ1) is 9.65. The van der Waals surface area contributed by atoms with Crippen molar-refractivity contribution in [1.29, 1.82) is 0 Å². The largest absolute Gasteiger partial charge is 0.488 e. The van der Waals surface area contributed by atoms with Crippen molar-refractivity contribution in [2.24, 2.45) is 0 Å². The van der Waals surface area contributed by atoms with Crippen LogP contribution in [0.15, 0.2) is 35.7 Å². The first-order valence-electron chi connectivity index (χ1n) is 6.01. The Balaban J connectivity index is 1.71. The molecule has 1 aromatic heterocycles. The first kappa shape index (κ1) is 14.9. The lowest BCUT2D eigenvalue weighted by molar-refractivity contribution is 0.00554. The first-order valence-corrected chi connectivity index (χ1v) is 6.89. The number of ether oxygens (including phenoxy) is 2. The predicted octanol–water partition coefficient (Wildman–Crippen LogP) is 2.98. The maximum absolute atomic E-state index is 13.3. The molecule has 1 atom stereocenters. The average molecular weight is 300 g/mol. The number of hydrogen-bond acceptors (Lipinski definition) is 4.